The first kappa shape index (κ1) is 17.5. The van der Waals surface area contributed by atoms with Crippen LogP contribution in [0, 0.1) is 5.41 Å². The molecule has 27 heavy (non-hydrogen) atoms. The van der Waals surface area contributed by atoms with E-state index in [-0.39, 0.29) is 17.3 Å². The van der Waals surface area contributed by atoms with Crippen molar-refractivity contribution in [2.75, 3.05) is 36.0 Å². The van der Waals surface area contributed by atoms with Crippen molar-refractivity contribution in [3.63, 3.8) is 0 Å². The SMILES string of the molecule is Nc1cc(N2CCCC3(CCC(=O)N(Cc4ccccn4)C3)C2)nc(N)n1. The average Bonchev–Trinajstić information content (AvgIpc) is 2.65. The van der Waals surface area contributed by atoms with Gasteiger partial charge in [0.15, 0.2) is 0 Å². The summed E-state index contributed by atoms with van der Waals surface area (Å²) in [5.74, 6) is 1.55. The van der Waals surface area contributed by atoms with Gasteiger partial charge in [-0.25, -0.2) is 0 Å². The molecular weight excluding hydrogens is 342 g/mol. The van der Waals surface area contributed by atoms with Crippen LogP contribution in [0.3, 0.4) is 0 Å². The Morgan fingerprint density at radius 2 is 2.04 bits per heavy atom. The van der Waals surface area contributed by atoms with E-state index in [0.29, 0.717) is 18.8 Å². The van der Waals surface area contributed by atoms with E-state index in [4.69, 9.17) is 11.5 Å². The molecule has 142 valence electrons. The summed E-state index contributed by atoms with van der Waals surface area (Å²) < 4.78 is 0. The number of carbonyl (C=O) groups is 1. The molecule has 8 heteroatoms. The maximum Gasteiger partial charge on any atom is 0.223 e. The largest absolute Gasteiger partial charge is 0.383 e. The van der Waals surface area contributed by atoms with Crippen molar-refractivity contribution in [2.45, 2.75) is 32.2 Å². The van der Waals surface area contributed by atoms with Crippen LogP contribution in [-0.4, -0.2) is 45.4 Å². The molecular formula is C19H25N7O. The first-order valence-corrected chi connectivity index (χ1v) is 9.36. The molecule has 2 fully saturated rings. The third-order valence-electron chi connectivity index (χ3n) is 5.56. The minimum Gasteiger partial charge on any atom is -0.383 e. The Labute approximate surface area is 158 Å². The zero-order valence-electron chi connectivity index (χ0n) is 15.3. The second-order valence-electron chi connectivity index (χ2n) is 7.61. The van der Waals surface area contributed by atoms with Gasteiger partial charge in [-0.2, -0.15) is 9.97 Å². The Balaban J connectivity index is 1.52. The van der Waals surface area contributed by atoms with Crippen molar-refractivity contribution in [1.82, 2.24) is 19.9 Å². The zero-order chi connectivity index (χ0) is 18.9. The van der Waals surface area contributed by atoms with Gasteiger partial charge in [-0.15, -0.1) is 0 Å². The van der Waals surface area contributed by atoms with Crippen LogP contribution in [0.4, 0.5) is 17.6 Å². The highest BCUT2D eigenvalue weighted by atomic mass is 16.2. The lowest BCUT2D eigenvalue weighted by atomic mass is 9.73. The van der Waals surface area contributed by atoms with Crippen LogP contribution in [0.1, 0.15) is 31.4 Å². The third-order valence-corrected chi connectivity index (χ3v) is 5.56. The van der Waals surface area contributed by atoms with E-state index in [9.17, 15) is 4.79 Å². The van der Waals surface area contributed by atoms with Gasteiger partial charge in [0.2, 0.25) is 11.9 Å². The number of anilines is 3. The number of aromatic nitrogens is 3. The van der Waals surface area contributed by atoms with E-state index in [0.717, 1.165) is 50.4 Å². The van der Waals surface area contributed by atoms with Crippen LogP contribution in [0.5, 0.6) is 0 Å². The van der Waals surface area contributed by atoms with Crippen LogP contribution in [0.25, 0.3) is 0 Å². The fourth-order valence-corrected chi connectivity index (χ4v) is 4.30. The summed E-state index contributed by atoms with van der Waals surface area (Å²) in [6.07, 6.45) is 5.40. The number of nitrogens with two attached hydrogens (primary N) is 2. The van der Waals surface area contributed by atoms with E-state index < -0.39 is 0 Å². The first-order chi connectivity index (χ1) is 13.0. The van der Waals surface area contributed by atoms with E-state index >= 15 is 0 Å². The molecule has 2 saturated heterocycles. The van der Waals surface area contributed by atoms with Crippen molar-refractivity contribution >= 4 is 23.5 Å². The number of likely N-dealkylation sites (tertiary alicyclic amines) is 1. The highest BCUT2D eigenvalue weighted by Gasteiger charge is 2.42. The quantitative estimate of drug-likeness (QED) is 0.843. The van der Waals surface area contributed by atoms with Gasteiger partial charge < -0.3 is 21.3 Å². The summed E-state index contributed by atoms with van der Waals surface area (Å²) in [5, 5.41) is 0. The summed E-state index contributed by atoms with van der Waals surface area (Å²) >= 11 is 0. The molecule has 0 aromatic carbocycles. The Morgan fingerprint density at radius 3 is 2.81 bits per heavy atom. The molecule has 2 aromatic heterocycles. The predicted octanol–water partition coefficient (Wildman–Crippen LogP) is 1.45. The van der Waals surface area contributed by atoms with Crippen LogP contribution in [0.15, 0.2) is 30.5 Å². The molecule has 0 aliphatic carbocycles. The second-order valence-corrected chi connectivity index (χ2v) is 7.61. The molecule has 1 spiro atoms. The Hall–Kier alpha value is -2.90. The molecule has 4 rings (SSSR count). The number of nitrogens with zero attached hydrogens (tertiary/aromatic N) is 5. The standard InChI is InChI=1S/C19H25N7O/c20-15-10-16(24-18(21)23-15)25-9-3-6-19(12-25)7-5-17(27)26(13-19)11-14-4-1-2-8-22-14/h1-2,4,8,10H,3,5-7,9,11-13H2,(H4,20,21,23,24). The molecule has 2 aliphatic rings. The first-order valence-electron chi connectivity index (χ1n) is 9.36. The highest BCUT2D eigenvalue weighted by molar-refractivity contribution is 5.77. The molecule has 0 saturated carbocycles. The minimum absolute atomic E-state index is 0.0649. The van der Waals surface area contributed by atoms with Gasteiger partial charge >= 0.3 is 0 Å². The van der Waals surface area contributed by atoms with Gasteiger partial charge in [0.1, 0.15) is 11.6 Å². The number of carbonyl (C=O) groups excluding carboxylic acids is 1. The molecule has 0 radical (unpaired) electrons. The Bertz CT molecular complexity index is 808. The van der Waals surface area contributed by atoms with Crippen molar-refractivity contribution in [2.24, 2.45) is 5.41 Å². The summed E-state index contributed by atoms with van der Waals surface area (Å²) in [4.78, 5) is 29.4. The molecule has 4 heterocycles. The number of hydrogen-bond acceptors (Lipinski definition) is 7. The molecule has 1 amide bonds. The molecule has 1 atom stereocenters. The Kier molecular flexibility index (Phi) is 4.55. The molecule has 2 aliphatic heterocycles. The lowest BCUT2D eigenvalue weighted by molar-refractivity contribution is -0.138. The van der Waals surface area contributed by atoms with Crippen LogP contribution < -0.4 is 16.4 Å². The van der Waals surface area contributed by atoms with Crippen molar-refractivity contribution in [3.8, 4) is 0 Å². The lowest BCUT2D eigenvalue weighted by Gasteiger charge is -2.48. The van der Waals surface area contributed by atoms with E-state index in [1.54, 1.807) is 12.3 Å². The minimum atomic E-state index is 0.0649. The third kappa shape index (κ3) is 3.79. The number of amides is 1. The van der Waals surface area contributed by atoms with Gasteiger partial charge in [0.05, 0.1) is 12.2 Å². The predicted molar refractivity (Wildman–Crippen MR) is 104 cm³/mol. The monoisotopic (exact) mass is 367 g/mol. The smallest absolute Gasteiger partial charge is 0.223 e. The molecule has 2 aromatic rings. The molecule has 1 unspecified atom stereocenters. The maximum atomic E-state index is 12.5. The number of hydrogen-bond donors (Lipinski definition) is 2. The van der Waals surface area contributed by atoms with Gasteiger partial charge in [0.25, 0.3) is 0 Å². The topological polar surface area (TPSA) is 114 Å². The van der Waals surface area contributed by atoms with Crippen LogP contribution in [-0.2, 0) is 11.3 Å². The fraction of sp³-hybridized carbons (Fsp3) is 0.474. The molecule has 8 nitrogen and oxygen atoms in total. The zero-order valence-corrected chi connectivity index (χ0v) is 15.3. The van der Waals surface area contributed by atoms with Gasteiger partial charge in [-0.1, -0.05) is 6.07 Å². The highest BCUT2D eigenvalue weighted by Crippen LogP contribution is 2.40. The maximum absolute atomic E-state index is 12.5. The molecule has 4 N–H and O–H groups in total. The molecule has 0 bridgehead atoms. The van der Waals surface area contributed by atoms with Gasteiger partial charge in [-0.3, -0.25) is 9.78 Å². The summed E-state index contributed by atoms with van der Waals surface area (Å²) in [5.41, 5.74) is 12.6. The van der Waals surface area contributed by atoms with Gasteiger partial charge in [0, 0.05) is 43.7 Å². The van der Waals surface area contributed by atoms with Crippen molar-refractivity contribution < 1.29 is 4.79 Å². The summed E-state index contributed by atoms with van der Waals surface area (Å²) in [6, 6.07) is 7.59. The second kappa shape index (κ2) is 7.02. The number of pyridine rings is 1. The van der Waals surface area contributed by atoms with E-state index in [1.807, 2.05) is 23.1 Å². The normalized spacial score (nSPS) is 23.0. The number of rotatable bonds is 3. The number of nitrogen functional groups attached to an aromatic ring is 2. The summed E-state index contributed by atoms with van der Waals surface area (Å²) in [7, 11) is 0. The van der Waals surface area contributed by atoms with Crippen molar-refractivity contribution in [1.29, 1.82) is 0 Å². The Morgan fingerprint density at radius 1 is 1.15 bits per heavy atom. The average molecular weight is 367 g/mol. The summed E-state index contributed by atoms with van der Waals surface area (Å²) in [6.45, 7) is 3.06. The van der Waals surface area contributed by atoms with Crippen molar-refractivity contribution in [3.05, 3.63) is 36.2 Å². The fourth-order valence-electron chi connectivity index (χ4n) is 4.30. The lowest BCUT2D eigenvalue weighted by Crippen LogP contribution is -2.54. The van der Waals surface area contributed by atoms with Crippen LogP contribution >= 0.6 is 0 Å². The van der Waals surface area contributed by atoms with Crippen LogP contribution in [0.2, 0.25) is 0 Å². The number of piperidine rings is 2. The van der Waals surface area contributed by atoms with E-state index in [1.165, 1.54) is 0 Å². The van der Waals surface area contributed by atoms with Gasteiger partial charge in [-0.05, 0) is 31.4 Å². The van der Waals surface area contributed by atoms with E-state index in [2.05, 4.69) is 19.9 Å².